The molecule has 2 amide bonds. The minimum Gasteiger partial charge on any atom is -0.379 e. The first-order chi connectivity index (χ1) is 15.7. The van der Waals surface area contributed by atoms with Crippen LogP contribution in [0.15, 0.2) is 54.6 Å². The van der Waals surface area contributed by atoms with Crippen LogP contribution in [0.3, 0.4) is 0 Å². The Hall–Kier alpha value is -2.70. The largest absolute Gasteiger partial charge is 0.379 e. The number of nitrogens with one attached hydrogen (secondary N) is 1. The van der Waals surface area contributed by atoms with Crippen molar-refractivity contribution in [1.29, 1.82) is 0 Å². The van der Waals surface area contributed by atoms with Crippen LogP contribution in [0, 0.1) is 5.92 Å². The van der Waals surface area contributed by atoms with Gasteiger partial charge in [0.15, 0.2) is 0 Å². The van der Waals surface area contributed by atoms with E-state index in [-0.39, 0.29) is 17.7 Å². The molecule has 2 heterocycles. The lowest BCUT2D eigenvalue weighted by molar-refractivity contribution is -0.135. The molecule has 0 bridgehead atoms. The zero-order chi connectivity index (χ0) is 22.2. The minimum atomic E-state index is -0.144. The molecule has 2 aliphatic rings. The second-order valence-electron chi connectivity index (χ2n) is 8.72. The molecule has 170 valence electrons. The molecule has 0 aliphatic carbocycles. The van der Waals surface area contributed by atoms with Gasteiger partial charge in [0.25, 0.3) is 0 Å². The molecule has 2 aromatic rings. The molecular formula is C26H33N3O3. The van der Waals surface area contributed by atoms with E-state index >= 15 is 0 Å². The van der Waals surface area contributed by atoms with Crippen molar-refractivity contribution < 1.29 is 14.3 Å². The van der Waals surface area contributed by atoms with E-state index < -0.39 is 0 Å². The van der Waals surface area contributed by atoms with Crippen LogP contribution in [0.25, 0.3) is 0 Å². The summed E-state index contributed by atoms with van der Waals surface area (Å²) >= 11 is 0. The van der Waals surface area contributed by atoms with Crippen molar-refractivity contribution in [2.45, 2.75) is 32.4 Å². The van der Waals surface area contributed by atoms with Gasteiger partial charge >= 0.3 is 0 Å². The van der Waals surface area contributed by atoms with E-state index in [9.17, 15) is 9.59 Å². The Kier molecular flexibility index (Phi) is 7.91. The second kappa shape index (κ2) is 11.2. The SMILES string of the molecule is O=C(NCc1ccccc1CN1CCOCC1)C1CCCN(C(=O)Cc2ccccc2)C1. The van der Waals surface area contributed by atoms with E-state index in [4.69, 9.17) is 4.74 Å². The van der Waals surface area contributed by atoms with Gasteiger partial charge in [0.2, 0.25) is 11.8 Å². The molecule has 2 aliphatic heterocycles. The fraction of sp³-hybridized carbons (Fsp3) is 0.462. The number of carbonyl (C=O) groups is 2. The molecule has 2 aromatic carbocycles. The first-order valence-corrected chi connectivity index (χ1v) is 11.7. The number of carbonyl (C=O) groups excluding carboxylic acids is 2. The highest BCUT2D eigenvalue weighted by molar-refractivity contribution is 5.82. The molecule has 32 heavy (non-hydrogen) atoms. The fourth-order valence-electron chi connectivity index (χ4n) is 4.51. The first-order valence-electron chi connectivity index (χ1n) is 11.7. The second-order valence-corrected chi connectivity index (χ2v) is 8.72. The number of rotatable bonds is 7. The van der Waals surface area contributed by atoms with E-state index in [0.717, 1.165) is 63.4 Å². The highest BCUT2D eigenvalue weighted by Crippen LogP contribution is 2.19. The third kappa shape index (κ3) is 6.17. The molecule has 4 rings (SSSR count). The predicted molar refractivity (Wildman–Crippen MR) is 124 cm³/mol. The molecule has 0 radical (unpaired) electrons. The van der Waals surface area contributed by atoms with Crippen molar-refractivity contribution in [3.63, 3.8) is 0 Å². The van der Waals surface area contributed by atoms with E-state index in [1.54, 1.807) is 0 Å². The van der Waals surface area contributed by atoms with Crippen molar-refractivity contribution in [3.8, 4) is 0 Å². The number of ether oxygens (including phenoxy) is 1. The summed E-state index contributed by atoms with van der Waals surface area (Å²) in [5.74, 6) is 0.00261. The zero-order valence-electron chi connectivity index (χ0n) is 18.7. The summed E-state index contributed by atoms with van der Waals surface area (Å²) < 4.78 is 5.45. The number of nitrogens with zero attached hydrogens (tertiary/aromatic N) is 2. The van der Waals surface area contributed by atoms with Gasteiger partial charge in [-0.25, -0.2) is 0 Å². The van der Waals surface area contributed by atoms with Gasteiger partial charge in [0, 0.05) is 39.3 Å². The Bertz CT molecular complexity index is 896. The Morgan fingerprint density at radius 1 is 0.938 bits per heavy atom. The molecule has 2 fully saturated rings. The van der Waals surface area contributed by atoms with Gasteiger partial charge in [-0.05, 0) is 29.5 Å². The Balaban J connectivity index is 1.30. The highest BCUT2D eigenvalue weighted by atomic mass is 16.5. The van der Waals surface area contributed by atoms with Gasteiger partial charge in [0.05, 0.1) is 25.6 Å². The lowest BCUT2D eigenvalue weighted by atomic mass is 9.96. The maximum Gasteiger partial charge on any atom is 0.227 e. The van der Waals surface area contributed by atoms with Gasteiger partial charge < -0.3 is 15.0 Å². The van der Waals surface area contributed by atoms with Crippen LogP contribution in [0.4, 0.5) is 0 Å². The fourth-order valence-corrected chi connectivity index (χ4v) is 4.51. The highest BCUT2D eigenvalue weighted by Gasteiger charge is 2.28. The van der Waals surface area contributed by atoms with Gasteiger partial charge in [0.1, 0.15) is 0 Å². The van der Waals surface area contributed by atoms with Crippen LogP contribution in [-0.4, -0.2) is 61.0 Å². The van der Waals surface area contributed by atoms with Crippen LogP contribution in [0.5, 0.6) is 0 Å². The summed E-state index contributed by atoms with van der Waals surface area (Å²) in [4.78, 5) is 29.9. The standard InChI is InChI=1S/C26H33N3O3/c30-25(17-21-7-2-1-3-8-21)29-12-6-11-24(20-29)26(31)27-18-22-9-4-5-10-23(22)19-28-13-15-32-16-14-28/h1-5,7-10,24H,6,11-20H2,(H,27,31). The van der Waals surface area contributed by atoms with Gasteiger partial charge in [-0.1, -0.05) is 54.6 Å². The minimum absolute atomic E-state index is 0.0448. The third-order valence-electron chi connectivity index (χ3n) is 6.41. The maximum atomic E-state index is 12.9. The Labute approximate surface area is 190 Å². The van der Waals surface area contributed by atoms with E-state index in [0.29, 0.717) is 19.5 Å². The van der Waals surface area contributed by atoms with Crippen molar-refractivity contribution in [2.24, 2.45) is 5.92 Å². The summed E-state index contributed by atoms with van der Waals surface area (Å²) in [7, 11) is 0. The average Bonchev–Trinajstić information content (AvgIpc) is 2.84. The normalized spacial score (nSPS) is 19.5. The van der Waals surface area contributed by atoms with Gasteiger partial charge in [-0.2, -0.15) is 0 Å². The number of piperidine rings is 1. The molecule has 0 spiro atoms. The Morgan fingerprint density at radius 2 is 1.66 bits per heavy atom. The number of morpholine rings is 1. The quantitative estimate of drug-likeness (QED) is 0.726. The molecule has 1 unspecified atom stereocenters. The predicted octanol–water partition coefficient (Wildman–Crippen LogP) is 2.62. The maximum absolute atomic E-state index is 12.9. The van der Waals surface area contributed by atoms with Crippen LogP contribution in [0.2, 0.25) is 0 Å². The number of hydrogen-bond acceptors (Lipinski definition) is 4. The summed E-state index contributed by atoms with van der Waals surface area (Å²) in [5, 5.41) is 3.14. The molecule has 0 saturated carbocycles. The summed E-state index contributed by atoms with van der Waals surface area (Å²) in [5.41, 5.74) is 3.42. The van der Waals surface area contributed by atoms with E-state index in [2.05, 4.69) is 28.4 Å². The van der Waals surface area contributed by atoms with Crippen molar-refractivity contribution >= 4 is 11.8 Å². The lowest BCUT2D eigenvalue weighted by Gasteiger charge is -2.32. The average molecular weight is 436 g/mol. The van der Waals surface area contributed by atoms with E-state index in [1.165, 1.54) is 5.56 Å². The molecule has 1 atom stereocenters. The third-order valence-corrected chi connectivity index (χ3v) is 6.41. The number of amides is 2. The summed E-state index contributed by atoms with van der Waals surface area (Å²) in [6, 6.07) is 18.1. The summed E-state index contributed by atoms with van der Waals surface area (Å²) in [6.07, 6.45) is 2.09. The Morgan fingerprint density at radius 3 is 2.44 bits per heavy atom. The number of hydrogen-bond donors (Lipinski definition) is 1. The topological polar surface area (TPSA) is 61.9 Å². The number of benzene rings is 2. The molecular weight excluding hydrogens is 402 g/mol. The molecule has 0 aromatic heterocycles. The summed E-state index contributed by atoms with van der Waals surface area (Å²) in [6.45, 7) is 6.07. The number of likely N-dealkylation sites (tertiary alicyclic amines) is 1. The first kappa shape index (κ1) is 22.5. The lowest BCUT2D eigenvalue weighted by Crippen LogP contribution is -2.45. The van der Waals surface area contributed by atoms with Crippen LogP contribution in [0.1, 0.15) is 29.5 Å². The molecule has 6 nitrogen and oxygen atoms in total. The van der Waals surface area contributed by atoms with Crippen LogP contribution in [-0.2, 0) is 33.8 Å². The van der Waals surface area contributed by atoms with Gasteiger partial charge in [-0.3, -0.25) is 14.5 Å². The van der Waals surface area contributed by atoms with E-state index in [1.807, 2.05) is 41.3 Å². The smallest absolute Gasteiger partial charge is 0.227 e. The molecule has 6 heteroatoms. The van der Waals surface area contributed by atoms with Crippen molar-refractivity contribution in [1.82, 2.24) is 15.1 Å². The zero-order valence-corrected chi connectivity index (χ0v) is 18.7. The molecule has 1 N–H and O–H groups in total. The monoisotopic (exact) mass is 435 g/mol. The van der Waals surface area contributed by atoms with Crippen LogP contribution >= 0.6 is 0 Å². The molecule has 2 saturated heterocycles. The van der Waals surface area contributed by atoms with Crippen molar-refractivity contribution in [2.75, 3.05) is 39.4 Å². The van der Waals surface area contributed by atoms with Crippen molar-refractivity contribution in [3.05, 3.63) is 71.3 Å². The van der Waals surface area contributed by atoms with Crippen LogP contribution < -0.4 is 5.32 Å². The van der Waals surface area contributed by atoms with Gasteiger partial charge in [-0.15, -0.1) is 0 Å².